The van der Waals surface area contributed by atoms with Crippen LogP contribution in [0.15, 0.2) is 17.6 Å². The maximum absolute atomic E-state index is 5.34. The van der Waals surface area contributed by atoms with Gasteiger partial charge in [0, 0.05) is 44.2 Å². The Kier molecular flexibility index (Phi) is 14.9. The third-order valence-electron chi connectivity index (χ3n) is 2.91. The minimum atomic E-state index is 0. The van der Waals surface area contributed by atoms with Gasteiger partial charge in [-0.05, 0) is 6.92 Å². The van der Waals surface area contributed by atoms with Gasteiger partial charge in [-0.1, -0.05) is 6.08 Å². The molecule has 0 amide bonds. The highest BCUT2D eigenvalue weighted by molar-refractivity contribution is 14.0. The number of nitrogens with one attached hydrogen (secondary N) is 2. The molecule has 0 aromatic rings. The van der Waals surface area contributed by atoms with Gasteiger partial charge in [0.15, 0.2) is 5.96 Å². The maximum atomic E-state index is 5.34. The number of halogens is 1. The number of rotatable bonds is 9. The van der Waals surface area contributed by atoms with Gasteiger partial charge in [0.05, 0.1) is 19.8 Å². The van der Waals surface area contributed by atoms with Gasteiger partial charge in [-0.25, -0.2) is 0 Å². The van der Waals surface area contributed by atoms with Crippen molar-refractivity contribution in [2.24, 2.45) is 4.99 Å². The second-order valence-corrected chi connectivity index (χ2v) is 5.65. The summed E-state index contributed by atoms with van der Waals surface area (Å²) < 4.78 is 5.34. The number of guanidine groups is 1. The fraction of sp³-hybridized carbons (Fsp3) is 0.786. The van der Waals surface area contributed by atoms with Crippen molar-refractivity contribution in [3.05, 3.63) is 12.7 Å². The lowest BCUT2D eigenvalue weighted by Gasteiger charge is -2.25. The topological polar surface area (TPSA) is 48.9 Å². The molecule has 1 rings (SSSR count). The smallest absolute Gasteiger partial charge is 0.191 e. The minimum Gasteiger partial charge on any atom is -0.379 e. The molecular formula is C14H29IN4OS. The molecule has 0 saturated carbocycles. The number of aliphatic imine (C=N–C) groups is 1. The molecule has 1 fully saturated rings. The third kappa shape index (κ3) is 11.3. The molecule has 0 spiro atoms. The van der Waals surface area contributed by atoms with Gasteiger partial charge in [-0.15, -0.1) is 30.6 Å². The van der Waals surface area contributed by atoms with E-state index in [2.05, 4.69) is 34.0 Å². The van der Waals surface area contributed by atoms with E-state index in [0.29, 0.717) is 0 Å². The van der Waals surface area contributed by atoms with Crippen LogP contribution in [-0.2, 0) is 4.74 Å². The zero-order valence-electron chi connectivity index (χ0n) is 13.0. The minimum absolute atomic E-state index is 0. The molecule has 1 heterocycles. The zero-order chi connectivity index (χ0) is 14.5. The average molecular weight is 428 g/mol. The fourth-order valence-electron chi connectivity index (χ4n) is 1.88. The van der Waals surface area contributed by atoms with Crippen LogP contribution in [0.2, 0.25) is 0 Å². The second kappa shape index (κ2) is 14.9. The van der Waals surface area contributed by atoms with Crippen molar-refractivity contribution in [1.29, 1.82) is 0 Å². The summed E-state index contributed by atoms with van der Waals surface area (Å²) in [5.74, 6) is 2.99. The van der Waals surface area contributed by atoms with Crippen LogP contribution in [0.1, 0.15) is 6.92 Å². The van der Waals surface area contributed by atoms with E-state index < -0.39 is 0 Å². The quantitative estimate of drug-likeness (QED) is 0.191. The Morgan fingerprint density at radius 2 is 2.14 bits per heavy atom. The first-order chi connectivity index (χ1) is 9.86. The van der Waals surface area contributed by atoms with Gasteiger partial charge in [-0.3, -0.25) is 9.89 Å². The van der Waals surface area contributed by atoms with E-state index in [4.69, 9.17) is 4.74 Å². The first kappa shape index (κ1) is 21.0. The summed E-state index contributed by atoms with van der Waals surface area (Å²) in [6.45, 7) is 13.2. The number of thioether (sulfide) groups is 1. The van der Waals surface area contributed by atoms with E-state index in [1.165, 1.54) is 0 Å². The van der Waals surface area contributed by atoms with Crippen molar-refractivity contribution in [3.63, 3.8) is 0 Å². The summed E-state index contributed by atoms with van der Waals surface area (Å²) in [5, 5.41) is 6.64. The Morgan fingerprint density at radius 1 is 1.38 bits per heavy atom. The van der Waals surface area contributed by atoms with Crippen molar-refractivity contribution in [3.8, 4) is 0 Å². The summed E-state index contributed by atoms with van der Waals surface area (Å²) >= 11 is 1.87. The summed E-state index contributed by atoms with van der Waals surface area (Å²) in [6.07, 6.45) is 1.94. The molecule has 2 N–H and O–H groups in total. The van der Waals surface area contributed by atoms with E-state index >= 15 is 0 Å². The Bertz CT molecular complexity index is 286. The largest absolute Gasteiger partial charge is 0.379 e. The highest BCUT2D eigenvalue weighted by Crippen LogP contribution is 1.97. The molecular weight excluding hydrogens is 399 g/mol. The molecule has 124 valence electrons. The van der Waals surface area contributed by atoms with Crippen LogP contribution in [0.5, 0.6) is 0 Å². The number of morpholine rings is 1. The van der Waals surface area contributed by atoms with Gasteiger partial charge >= 0.3 is 0 Å². The van der Waals surface area contributed by atoms with Crippen molar-refractivity contribution in [2.75, 3.05) is 64.0 Å². The number of hydrogen-bond acceptors (Lipinski definition) is 4. The van der Waals surface area contributed by atoms with E-state index in [9.17, 15) is 0 Å². The van der Waals surface area contributed by atoms with Gasteiger partial charge < -0.3 is 15.4 Å². The molecule has 0 unspecified atom stereocenters. The van der Waals surface area contributed by atoms with Crippen LogP contribution >= 0.6 is 35.7 Å². The average Bonchev–Trinajstić information content (AvgIpc) is 2.48. The predicted molar refractivity (Wildman–Crippen MR) is 104 cm³/mol. The van der Waals surface area contributed by atoms with Gasteiger partial charge in [0.25, 0.3) is 0 Å². The highest BCUT2D eigenvalue weighted by atomic mass is 127. The number of hydrogen-bond donors (Lipinski definition) is 2. The summed E-state index contributed by atoms with van der Waals surface area (Å²) in [6, 6.07) is 0. The number of ether oxygens (including phenoxy) is 1. The molecule has 1 saturated heterocycles. The molecule has 21 heavy (non-hydrogen) atoms. The first-order valence-electron chi connectivity index (χ1n) is 7.37. The molecule has 0 aliphatic carbocycles. The highest BCUT2D eigenvalue weighted by Gasteiger charge is 2.09. The van der Waals surface area contributed by atoms with Gasteiger partial charge in [0.1, 0.15) is 0 Å². The van der Waals surface area contributed by atoms with Crippen LogP contribution in [0, 0.1) is 0 Å². The Labute approximate surface area is 150 Å². The van der Waals surface area contributed by atoms with Crippen LogP contribution in [0.25, 0.3) is 0 Å². The molecule has 0 bridgehead atoms. The van der Waals surface area contributed by atoms with Crippen molar-refractivity contribution in [2.45, 2.75) is 6.92 Å². The maximum Gasteiger partial charge on any atom is 0.191 e. The van der Waals surface area contributed by atoms with E-state index in [1.807, 2.05) is 17.8 Å². The van der Waals surface area contributed by atoms with Crippen molar-refractivity contribution in [1.82, 2.24) is 15.5 Å². The van der Waals surface area contributed by atoms with E-state index in [0.717, 1.165) is 69.9 Å². The molecule has 7 heteroatoms. The van der Waals surface area contributed by atoms with Crippen molar-refractivity contribution >= 4 is 41.7 Å². The van der Waals surface area contributed by atoms with Gasteiger partial charge in [0.2, 0.25) is 0 Å². The molecule has 0 radical (unpaired) electrons. The molecule has 1 aliphatic heterocycles. The lowest BCUT2D eigenvalue weighted by molar-refractivity contribution is 0.0394. The summed E-state index contributed by atoms with van der Waals surface area (Å²) in [4.78, 5) is 7.01. The fourth-order valence-corrected chi connectivity index (χ4v) is 2.46. The Morgan fingerprint density at radius 3 is 2.81 bits per heavy atom. The van der Waals surface area contributed by atoms with Gasteiger partial charge in [-0.2, -0.15) is 11.8 Å². The van der Waals surface area contributed by atoms with E-state index in [1.54, 1.807) is 0 Å². The molecule has 1 aliphatic rings. The lowest BCUT2D eigenvalue weighted by atomic mass is 10.4. The standard InChI is InChI=1S/C14H28N4OS.HI/c1-3-12-20-13-6-17-14(15-4-2)16-5-7-18-8-10-19-11-9-18;/h3H,1,4-13H2,2H3,(H2,15,16,17);1H. The Balaban J connectivity index is 0.00000400. The molecule has 0 aromatic heterocycles. The summed E-state index contributed by atoms with van der Waals surface area (Å²) in [7, 11) is 0. The molecule has 5 nitrogen and oxygen atoms in total. The lowest BCUT2D eigenvalue weighted by Crippen LogP contribution is -2.40. The third-order valence-corrected chi connectivity index (χ3v) is 3.87. The Hall–Kier alpha value is 0.0100. The number of nitrogens with zero attached hydrogens (tertiary/aromatic N) is 2. The molecule has 0 aromatic carbocycles. The van der Waals surface area contributed by atoms with Crippen LogP contribution in [0.4, 0.5) is 0 Å². The van der Waals surface area contributed by atoms with Crippen LogP contribution in [-0.4, -0.2) is 74.8 Å². The van der Waals surface area contributed by atoms with Crippen LogP contribution in [0.3, 0.4) is 0 Å². The second-order valence-electron chi connectivity index (χ2n) is 4.51. The van der Waals surface area contributed by atoms with E-state index in [-0.39, 0.29) is 24.0 Å². The first-order valence-corrected chi connectivity index (χ1v) is 8.53. The SMILES string of the molecule is C=CCSCCNC(=NCCN1CCOCC1)NCC.I. The monoisotopic (exact) mass is 428 g/mol. The normalized spacial score (nSPS) is 16.1. The van der Waals surface area contributed by atoms with Crippen LogP contribution < -0.4 is 10.6 Å². The predicted octanol–water partition coefficient (Wildman–Crippen LogP) is 1.41. The van der Waals surface area contributed by atoms with Crippen molar-refractivity contribution < 1.29 is 4.74 Å². The molecule has 0 atom stereocenters. The summed E-state index contributed by atoms with van der Waals surface area (Å²) in [5.41, 5.74) is 0. The zero-order valence-corrected chi connectivity index (χ0v) is 16.1.